The van der Waals surface area contributed by atoms with Crippen molar-refractivity contribution < 1.29 is 27.8 Å². The topological polar surface area (TPSA) is 119 Å². The van der Waals surface area contributed by atoms with Gasteiger partial charge >= 0.3 is 6.09 Å². The second-order valence-electron chi connectivity index (χ2n) is 11.5. The number of pyridine rings is 1. The van der Waals surface area contributed by atoms with E-state index in [1.807, 2.05) is 32.9 Å². The summed E-state index contributed by atoms with van der Waals surface area (Å²) in [6.45, 7) is 7.29. The molecule has 1 fully saturated rings. The summed E-state index contributed by atoms with van der Waals surface area (Å²) in [4.78, 5) is 29.3. The van der Waals surface area contributed by atoms with Gasteiger partial charge in [0.25, 0.3) is 0 Å². The quantitative estimate of drug-likeness (QED) is 0.290. The Labute approximate surface area is 250 Å². The minimum atomic E-state index is -0.780. The molecule has 12 nitrogen and oxygen atoms in total. The number of anilines is 3. The molecule has 0 saturated carbocycles. The lowest BCUT2D eigenvalue weighted by Crippen LogP contribution is -2.59. The molecule has 2 aliphatic heterocycles. The average Bonchev–Trinajstić information content (AvgIpc) is 3.46. The van der Waals surface area contributed by atoms with Crippen LogP contribution in [0.3, 0.4) is 0 Å². The van der Waals surface area contributed by atoms with E-state index in [1.165, 1.54) is 17.2 Å². The van der Waals surface area contributed by atoms with Gasteiger partial charge in [-0.25, -0.2) is 33.0 Å². The molecule has 0 radical (unpaired) electrons. The lowest BCUT2D eigenvalue weighted by atomic mass is 10.1. The van der Waals surface area contributed by atoms with E-state index in [9.17, 15) is 4.79 Å². The summed E-state index contributed by atoms with van der Waals surface area (Å²) in [6, 6.07) is 8.76. The van der Waals surface area contributed by atoms with Crippen molar-refractivity contribution in [2.75, 3.05) is 36.5 Å². The number of benzene rings is 2. The molecule has 7 rings (SSSR count). The van der Waals surface area contributed by atoms with E-state index in [0.717, 1.165) is 17.8 Å². The predicted molar refractivity (Wildman–Crippen MR) is 157 cm³/mol. The summed E-state index contributed by atoms with van der Waals surface area (Å²) in [5, 5.41) is 7.46. The van der Waals surface area contributed by atoms with Crippen LogP contribution in [-0.4, -0.2) is 73.4 Å². The van der Waals surface area contributed by atoms with Crippen molar-refractivity contribution in [1.29, 1.82) is 0 Å². The normalized spacial score (nSPS) is 16.3. The Morgan fingerprint density at radius 2 is 1.91 bits per heavy atom. The Kier molecular flexibility index (Phi) is 6.56. The molecule has 0 spiro atoms. The molecule has 14 heteroatoms. The maximum absolute atomic E-state index is 15.3. The van der Waals surface area contributed by atoms with Gasteiger partial charge in [0.2, 0.25) is 0 Å². The van der Waals surface area contributed by atoms with Crippen LogP contribution in [0.2, 0.25) is 0 Å². The Bertz CT molecular complexity index is 1910. The summed E-state index contributed by atoms with van der Waals surface area (Å²) in [7, 11) is 0. The fourth-order valence-corrected chi connectivity index (χ4v) is 5.38. The number of aromatic nitrogens is 5. The number of carbonyl (C=O) groups excluding carboxylic acids is 1. The van der Waals surface area contributed by atoms with Gasteiger partial charge < -0.3 is 29.3 Å². The van der Waals surface area contributed by atoms with Gasteiger partial charge in [0.05, 0.1) is 28.3 Å². The highest BCUT2D eigenvalue weighted by molar-refractivity contribution is 6.00. The number of fused-ring (bicyclic) bond motifs is 6. The van der Waals surface area contributed by atoms with Crippen LogP contribution in [0.1, 0.15) is 20.8 Å². The average molecular weight is 603 g/mol. The van der Waals surface area contributed by atoms with Gasteiger partial charge in [-0.05, 0) is 39.0 Å². The first kappa shape index (κ1) is 27.6. The lowest BCUT2D eigenvalue weighted by Gasteiger charge is -2.45. The van der Waals surface area contributed by atoms with Crippen molar-refractivity contribution in [3.05, 3.63) is 66.9 Å². The van der Waals surface area contributed by atoms with Crippen molar-refractivity contribution in [3.63, 3.8) is 0 Å². The summed E-state index contributed by atoms with van der Waals surface area (Å²) in [6.07, 6.45) is 3.97. The number of nitrogens with zero attached hydrogens (tertiary/aromatic N) is 7. The van der Waals surface area contributed by atoms with Gasteiger partial charge in [0.15, 0.2) is 28.8 Å². The molecule has 1 amide bonds. The third-order valence-corrected chi connectivity index (χ3v) is 7.35. The highest BCUT2D eigenvalue weighted by atomic mass is 19.1. The molecule has 3 aromatic heterocycles. The van der Waals surface area contributed by atoms with Gasteiger partial charge in [-0.3, -0.25) is 0 Å². The number of halogens is 2. The van der Waals surface area contributed by atoms with Crippen LogP contribution in [0.5, 0.6) is 17.2 Å². The zero-order valence-corrected chi connectivity index (χ0v) is 24.1. The van der Waals surface area contributed by atoms with Crippen molar-refractivity contribution in [2.24, 2.45) is 0 Å². The molecule has 0 aliphatic carbocycles. The zero-order chi connectivity index (χ0) is 30.6. The van der Waals surface area contributed by atoms with Crippen LogP contribution >= 0.6 is 0 Å². The molecule has 5 aromatic rings. The summed E-state index contributed by atoms with van der Waals surface area (Å²) >= 11 is 0. The number of piperazine rings is 1. The number of nitrogens with one attached hydrogen (secondary N) is 1. The molecule has 5 heterocycles. The van der Waals surface area contributed by atoms with Crippen LogP contribution in [-0.2, 0) is 4.74 Å². The van der Waals surface area contributed by atoms with Crippen LogP contribution in [0.15, 0.2) is 55.2 Å². The third-order valence-electron chi connectivity index (χ3n) is 7.35. The molecule has 44 heavy (non-hydrogen) atoms. The van der Waals surface area contributed by atoms with Gasteiger partial charge in [-0.2, -0.15) is 5.10 Å². The molecule has 0 unspecified atom stereocenters. The highest BCUT2D eigenvalue weighted by Crippen LogP contribution is 2.43. The fourth-order valence-electron chi connectivity index (χ4n) is 5.38. The van der Waals surface area contributed by atoms with Gasteiger partial charge in [0, 0.05) is 44.0 Å². The molecule has 1 N–H and O–H groups in total. The second-order valence-corrected chi connectivity index (χ2v) is 11.5. The van der Waals surface area contributed by atoms with E-state index in [-0.39, 0.29) is 35.1 Å². The number of carbonyl (C=O) groups is 1. The Morgan fingerprint density at radius 1 is 1.05 bits per heavy atom. The van der Waals surface area contributed by atoms with Gasteiger partial charge in [0.1, 0.15) is 36.4 Å². The maximum Gasteiger partial charge on any atom is 0.410 e. The fraction of sp³-hybridized carbons (Fsp3) is 0.300. The van der Waals surface area contributed by atoms with E-state index in [2.05, 4.69) is 30.3 Å². The van der Waals surface area contributed by atoms with Crippen molar-refractivity contribution in [2.45, 2.75) is 32.4 Å². The molecule has 0 bridgehead atoms. The number of rotatable bonds is 4. The predicted octanol–water partition coefficient (Wildman–Crippen LogP) is 5.30. The first-order valence-electron chi connectivity index (χ1n) is 14.0. The summed E-state index contributed by atoms with van der Waals surface area (Å²) in [5.74, 6) is -0.764. The van der Waals surface area contributed by atoms with Crippen molar-refractivity contribution >= 4 is 39.8 Å². The van der Waals surface area contributed by atoms with E-state index in [4.69, 9.17) is 14.2 Å². The van der Waals surface area contributed by atoms with Crippen LogP contribution in [0.25, 0.3) is 16.6 Å². The lowest BCUT2D eigenvalue weighted by molar-refractivity contribution is 0.0195. The van der Waals surface area contributed by atoms with E-state index in [0.29, 0.717) is 48.5 Å². The Morgan fingerprint density at radius 3 is 2.75 bits per heavy atom. The first-order chi connectivity index (χ1) is 21.1. The Hall–Kier alpha value is -5.27. The van der Waals surface area contributed by atoms with Gasteiger partial charge in [-0.15, -0.1) is 0 Å². The second kappa shape index (κ2) is 10.5. The first-order valence-corrected chi connectivity index (χ1v) is 14.0. The minimum Gasteiger partial charge on any atom is -0.488 e. The molecular formula is C30H28F2N8O4. The number of ether oxygens (including phenoxy) is 3. The smallest absolute Gasteiger partial charge is 0.410 e. The molecular weight excluding hydrogens is 574 g/mol. The van der Waals surface area contributed by atoms with E-state index in [1.54, 1.807) is 23.2 Å². The molecule has 1 saturated heterocycles. The SMILES string of the molecule is CC(C)(C)OC(=O)N1CCN2c3ccc4ncnc(Nc5cc(F)c(Oc6ccn7ncnc7c6)cc5F)c4c3OC[C@H]2C1. The van der Waals surface area contributed by atoms with E-state index < -0.39 is 17.2 Å². The monoisotopic (exact) mass is 602 g/mol. The molecule has 2 aromatic carbocycles. The zero-order valence-electron chi connectivity index (χ0n) is 24.1. The molecule has 2 aliphatic rings. The largest absolute Gasteiger partial charge is 0.488 e. The van der Waals surface area contributed by atoms with Gasteiger partial charge in [-0.1, -0.05) is 0 Å². The maximum atomic E-state index is 15.3. The highest BCUT2D eigenvalue weighted by Gasteiger charge is 2.37. The van der Waals surface area contributed by atoms with E-state index >= 15 is 8.78 Å². The van der Waals surface area contributed by atoms with Crippen LogP contribution in [0.4, 0.5) is 30.8 Å². The summed E-state index contributed by atoms with van der Waals surface area (Å²) < 4.78 is 49.4. The van der Waals surface area contributed by atoms with Crippen LogP contribution < -0.4 is 19.7 Å². The minimum absolute atomic E-state index is 0.0909. The number of amides is 1. The van der Waals surface area contributed by atoms with Crippen LogP contribution in [0, 0.1) is 11.6 Å². The summed E-state index contributed by atoms with van der Waals surface area (Å²) in [5.41, 5.74) is 1.14. The third kappa shape index (κ3) is 5.12. The van der Waals surface area contributed by atoms with Crippen molar-refractivity contribution in [3.8, 4) is 17.2 Å². The number of hydrogen-bond donors (Lipinski definition) is 1. The molecule has 1 atom stereocenters. The molecule has 226 valence electrons. The standard InChI is InChI=1S/C30H28F2N8O4/c1-30(2,3)44-29(41)38-8-9-39-17(13-38)14-42-27-23(39)5-4-21-26(27)28(35-15-33-21)37-22-11-20(32)24(12-19(22)31)43-18-6-7-40-25(10-18)34-16-36-40/h4-7,10-12,15-17H,8-9,13-14H2,1-3H3,(H,33,35,37)/t17-/m1/s1. The number of hydrogen-bond acceptors (Lipinski definition) is 10. The Balaban J connectivity index is 1.15. The van der Waals surface area contributed by atoms with Crippen molar-refractivity contribution in [1.82, 2.24) is 29.5 Å².